The molecule has 0 saturated carbocycles. The SMILES string of the molecule is CCCCCCc1csc(-c2ccc(-c3cc(CCCCCC)cs3)c3nc4c5ccccc5c5ccccc5c4nc23)c1. The molecule has 0 bridgehead atoms. The van der Waals surface area contributed by atoms with Crippen molar-refractivity contribution in [3.63, 3.8) is 0 Å². The molecule has 0 aliphatic heterocycles. The van der Waals surface area contributed by atoms with Crippen molar-refractivity contribution < 1.29 is 0 Å². The number of rotatable bonds is 12. The quantitative estimate of drug-likeness (QED) is 0.0779. The van der Waals surface area contributed by atoms with Gasteiger partial charge in [-0.3, -0.25) is 0 Å². The third kappa shape index (κ3) is 5.66. The minimum atomic E-state index is 0.990. The first-order chi connectivity index (χ1) is 21.7. The van der Waals surface area contributed by atoms with Crippen LogP contribution in [-0.2, 0) is 12.8 Å². The standard InChI is InChI=1S/C40H40N2S2/c1-3-5-7-9-15-27-23-35(43-25-27)33-21-22-34(36-24-28(26-44-36)16-10-8-6-4-2)40-39(33)41-37-31-19-13-11-17-29(31)30-18-12-14-20-32(30)38(37)42-40/h11-14,17-26H,3-10,15-16H2,1-2H3. The number of aryl methyl sites for hydroxylation is 2. The summed E-state index contributed by atoms with van der Waals surface area (Å²) in [6.07, 6.45) is 12.6. The van der Waals surface area contributed by atoms with Gasteiger partial charge in [0.05, 0.1) is 22.1 Å². The molecule has 7 rings (SSSR count). The van der Waals surface area contributed by atoms with E-state index in [2.05, 4.69) is 97.4 Å². The Morgan fingerprint density at radius 1 is 0.477 bits per heavy atom. The molecule has 3 heterocycles. The van der Waals surface area contributed by atoms with Crippen LogP contribution in [0.25, 0.3) is 64.5 Å². The fourth-order valence-corrected chi connectivity index (χ4v) is 8.52. The molecular weight excluding hydrogens is 573 g/mol. The summed E-state index contributed by atoms with van der Waals surface area (Å²) >= 11 is 3.69. The summed E-state index contributed by atoms with van der Waals surface area (Å²) in [5.74, 6) is 0. The number of hydrogen-bond acceptors (Lipinski definition) is 4. The lowest BCUT2D eigenvalue weighted by molar-refractivity contribution is 0.667. The van der Waals surface area contributed by atoms with E-state index in [4.69, 9.17) is 9.97 Å². The summed E-state index contributed by atoms with van der Waals surface area (Å²) in [5.41, 5.74) is 9.26. The van der Waals surface area contributed by atoms with Gasteiger partial charge in [-0.05, 0) is 70.5 Å². The maximum Gasteiger partial charge on any atom is 0.0988 e. The second kappa shape index (κ2) is 13.2. The van der Waals surface area contributed by atoms with Crippen molar-refractivity contribution in [2.75, 3.05) is 0 Å². The van der Waals surface area contributed by atoms with E-state index in [1.54, 1.807) is 0 Å². The highest BCUT2D eigenvalue weighted by atomic mass is 32.1. The summed E-state index contributed by atoms with van der Waals surface area (Å²) in [6.45, 7) is 4.55. The number of nitrogens with zero attached hydrogens (tertiary/aromatic N) is 2. The predicted octanol–water partition coefficient (Wildman–Crippen LogP) is 12.8. The topological polar surface area (TPSA) is 25.8 Å². The summed E-state index contributed by atoms with van der Waals surface area (Å²) in [6, 6.07) is 26.8. The normalized spacial score (nSPS) is 11.9. The summed E-state index contributed by atoms with van der Waals surface area (Å²) < 4.78 is 0. The molecule has 0 unspecified atom stereocenters. The zero-order chi connectivity index (χ0) is 29.9. The molecule has 4 heteroatoms. The number of hydrogen-bond donors (Lipinski definition) is 0. The van der Waals surface area contributed by atoms with Crippen LogP contribution in [0.1, 0.15) is 76.3 Å². The molecule has 0 aliphatic carbocycles. The van der Waals surface area contributed by atoms with Gasteiger partial charge in [-0.15, -0.1) is 22.7 Å². The summed E-state index contributed by atoms with van der Waals surface area (Å²) in [5, 5.41) is 9.50. The van der Waals surface area contributed by atoms with Crippen molar-refractivity contribution in [2.45, 2.75) is 78.1 Å². The van der Waals surface area contributed by atoms with Gasteiger partial charge in [0.1, 0.15) is 0 Å². The Balaban J connectivity index is 1.41. The highest BCUT2D eigenvalue weighted by molar-refractivity contribution is 7.14. The second-order valence-electron chi connectivity index (χ2n) is 12.1. The third-order valence-corrected chi connectivity index (χ3v) is 11.0. The Morgan fingerprint density at radius 2 is 0.909 bits per heavy atom. The Hall–Kier alpha value is -3.60. The lowest BCUT2D eigenvalue weighted by Crippen LogP contribution is -1.95. The molecule has 7 aromatic rings. The highest BCUT2D eigenvalue weighted by Gasteiger charge is 2.19. The Morgan fingerprint density at radius 3 is 1.34 bits per heavy atom. The van der Waals surface area contributed by atoms with E-state index in [9.17, 15) is 0 Å². The summed E-state index contributed by atoms with van der Waals surface area (Å²) in [7, 11) is 0. The first kappa shape index (κ1) is 29.1. The maximum absolute atomic E-state index is 5.54. The van der Waals surface area contributed by atoms with Crippen molar-refractivity contribution in [3.05, 3.63) is 94.7 Å². The van der Waals surface area contributed by atoms with E-state index in [0.29, 0.717) is 0 Å². The van der Waals surface area contributed by atoms with Gasteiger partial charge < -0.3 is 0 Å². The van der Waals surface area contributed by atoms with E-state index < -0.39 is 0 Å². The molecular formula is C40H40N2S2. The zero-order valence-electron chi connectivity index (χ0n) is 25.9. The Bertz CT molecular complexity index is 1920. The van der Waals surface area contributed by atoms with Crippen molar-refractivity contribution in [1.82, 2.24) is 9.97 Å². The molecule has 0 atom stereocenters. The van der Waals surface area contributed by atoms with Gasteiger partial charge in [0, 0.05) is 31.7 Å². The molecule has 4 aromatic carbocycles. The van der Waals surface area contributed by atoms with Crippen LogP contribution >= 0.6 is 22.7 Å². The van der Waals surface area contributed by atoms with E-state index in [1.807, 2.05) is 22.7 Å². The molecule has 0 N–H and O–H groups in total. The number of benzene rings is 4. The molecule has 2 nitrogen and oxygen atoms in total. The van der Waals surface area contributed by atoms with Crippen LogP contribution in [0.3, 0.4) is 0 Å². The molecule has 0 spiro atoms. The molecule has 0 fully saturated rings. The fraction of sp³-hybridized carbons (Fsp3) is 0.300. The molecule has 3 aromatic heterocycles. The van der Waals surface area contributed by atoms with E-state index in [0.717, 1.165) is 34.9 Å². The molecule has 0 radical (unpaired) electrons. The van der Waals surface area contributed by atoms with Crippen LogP contribution in [0.5, 0.6) is 0 Å². The average molecular weight is 613 g/mol. The van der Waals surface area contributed by atoms with Crippen molar-refractivity contribution >= 4 is 66.3 Å². The van der Waals surface area contributed by atoms with Crippen LogP contribution < -0.4 is 0 Å². The first-order valence-corrected chi connectivity index (χ1v) is 18.2. The number of fused-ring (bicyclic) bond motifs is 7. The van der Waals surface area contributed by atoms with Gasteiger partial charge in [-0.25, -0.2) is 9.97 Å². The van der Waals surface area contributed by atoms with Crippen LogP contribution in [0.2, 0.25) is 0 Å². The molecule has 0 saturated heterocycles. The van der Waals surface area contributed by atoms with Crippen molar-refractivity contribution in [2.24, 2.45) is 0 Å². The molecule has 44 heavy (non-hydrogen) atoms. The summed E-state index contributed by atoms with van der Waals surface area (Å²) in [4.78, 5) is 13.7. The number of thiophene rings is 2. The van der Waals surface area contributed by atoms with Gasteiger partial charge in [-0.2, -0.15) is 0 Å². The number of unbranched alkanes of at least 4 members (excludes halogenated alkanes) is 6. The predicted molar refractivity (Wildman–Crippen MR) is 194 cm³/mol. The van der Waals surface area contributed by atoms with Gasteiger partial charge in [0.2, 0.25) is 0 Å². The van der Waals surface area contributed by atoms with Gasteiger partial charge in [-0.1, -0.05) is 113 Å². The third-order valence-electron chi connectivity index (χ3n) is 8.95. The maximum atomic E-state index is 5.54. The first-order valence-electron chi connectivity index (χ1n) is 16.4. The minimum Gasteiger partial charge on any atom is -0.243 e. The van der Waals surface area contributed by atoms with E-state index in [-0.39, 0.29) is 0 Å². The lowest BCUT2D eigenvalue weighted by atomic mass is 9.98. The largest absolute Gasteiger partial charge is 0.243 e. The second-order valence-corrected chi connectivity index (χ2v) is 14.0. The number of aromatic nitrogens is 2. The van der Waals surface area contributed by atoms with E-state index >= 15 is 0 Å². The van der Waals surface area contributed by atoms with Crippen LogP contribution in [0.15, 0.2) is 83.6 Å². The van der Waals surface area contributed by atoms with Gasteiger partial charge in [0.25, 0.3) is 0 Å². The van der Waals surface area contributed by atoms with Gasteiger partial charge in [0.15, 0.2) is 0 Å². The molecule has 0 aliphatic rings. The molecule has 0 amide bonds. The fourth-order valence-electron chi connectivity index (χ4n) is 6.57. The Kier molecular flexibility index (Phi) is 8.72. The van der Waals surface area contributed by atoms with Crippen molar-refractivity contribution in [3.8, 4) is 20.9 Å². The monoisotopic (exact) mass is 612 g/mol. The van der Waals surface area contributed by atoms with Crippen LogP contribution in [-0.4, -0.2) is 9.97 Å². The smallest absolute Gasteiger partial charge is 0.0988 e. The van der Waals surface area contributed by atoms with Gasteiger partial charge >= 0.3 is 0 Å². The average Bonchev–Trinajstić information content (AvgIpc) is 3.74. The van der Waals surface area contributed by atoms with Crippen LogP contribution in [0, 0.1) is 0 Å². The Labute approximate surface area is 268 Å². The minimum absolute atomic E-state index is 0.990. The highest BCUT2D eigenvalue weighted by Crippen LogP contribution is 2.41. The van der Waals surface area contributed by atoms with Crippen LogP contribution in [0.4, 0.5) is 0 Å². The zero-order valence-corrected chi connectivity index (χ0v) is 27.5. The van der Waals surface area contributed by atoms with E-state index in [1.165, 1.54) is 105 Å². The van der Waals surface area contributed by atoms with Crippen molar-refractivity contribution in [1.29, 1.82) is 0 Å². The molecule has 222 valence electrons. The lowest BCUT2D eigenvalue weighted by Gasteiger charge is -2.13.